The van der Waals surface area contributed by atoms with Crippen molar-refractivity contribution in [1.29, 1.82) is 5.26 Å². The highest BCUT2D eigenvalue weighted by Crippen LogP contribution is 2.18. The first kappa shape index (κ1) is 8.76. The molecule has 1 aromatic rings. The Morgan fingerprint density at radius 1 is 1.42 bits per heavy atom. The molecule has 0 N–H and O–H groups in total. The molecule has 0 bridgehead atoms. The zero-order valence-electron chi connectivity index (χ0n) is 7.24. The smallest absolute Gasteiger partial charge is 0.168 e. The van der Waals surface area contributed by atoms with Gasteiger partial charge in [-0.2, -0.15) is 5.26 Å². The van der Waals surface area contributed by atoms with Gasteiger partial charge in [0.1, 0.15) is 0 Å². The summed E-state index contributed by atoms with van der Waals surface area (Å²) in [7, 11) is 1.54. The maximum atomic E-state index is 8.73. The van der Waals surface area contributed by atoms with Gasteiger partial charge in [-0.15, -0.1) is 0 Å². The minimum Gasteiger partial charge on any atom is -0.362 e. The van der Waals surface area contributed by atoms with Gasteiger partial charge >= 0.3 is 0 Å². The number of methoxy groups -OCH3 is 1. The Kier molecular flexibility index (Phi) is 2.84. The molecule has 0 aliphatic heterocycles. The van der Waals surface area contributed by atoms with E-state index in [1.165, 1.54) is 0 Å². The van der Waals surface area contributed by atoms with E-state index in [4.69, 9.17) is 10.00 Å². The monoisotopic (exact) mass is 161 g/mol. The zero-order valence-corrected chi connectivity index (χ0v) is 7.24. The molecule has 0 aliphatic rings. The van der Waals surface area contributed by atoms with Gasteiger partial charge in [-0.05, 0) is 18.1 Å². The predicted molar refractivity (Wildman–Crippen MR) is 46.5 cm³/mol. The minimum atomic E-state index is -0.439. The Labute approximate surface area is 72.4 Å². The average Bonchev–Trinajstić information content (AvgIpc) is 2.10. The molecule has 0 unspecified atom stereocenters. The zero-order chi connectivity index (χ0) is 8.97. The number of benzene rings is 1. The van der Waals surface area contributed by atoms with Crippen molar-refractivity contribution >= 4 is 0 Å². The number of nitrogens with zero attached hydrogens (tertiary/aromatic N) is 1. The SMILES string of the molecule is CO[C@@H](C#N)c1ccccc1C. The number of aryl methyl sites for hydroxylation is 1. The van der Waals surface area contributed by atoms with Crippen LogP contribution in [0.15, 0.2) is 24.3 Å². The summed E-state index contributed by atoms with van der Waals surface area (Å²) in [5, 5.41) is 8.73. The lowest BCUT2D eigenvalue weighted by Gasteiger charge is -2.09. The van der Waals surface area contributed by atoms with Gasteiger partial charge in [-0.1, -0.05) is 24.3 Å². The lowest BCUT2D eigenvalue weighted by atomic mass is 10.0. The summed E-state index contributed by atoms with van der Waals surface area (Å²) in [5.74, 6) is 0. The molecule has 0 saturated heterocycles. The molecule has 0 spiro atoms. The minimum absolute atomic E-state index is 0.439. The Morgan fingerprint density at radius 2 is 2.08 bits per heavy atom. The van der Waals surface area contributed by atoms with Crippen LogP contribution in [0, 0.1) is 18.3 Å². The van der Waals surface area contributed by atoms with Crippen molar-refractivity contribution in [2.45, 2.75) is 13.0 Å². The van der Waals surface area contributed by atoms with E-state index < -0.39 is 6.10 Å². The first-order valence-electron chi connectivity index (χ1n) is 3.77. The van der Waals surface area contributed by atoms with E-state index in [-0.39, 0.29) is 0 Å². The highest BCUT2D eigenvalue weighted by molar-refractivity contribution is 5.30. The number of nitriles is 1. The van der Waals surface area contributed by atoms with Crippen LogP contribution in [0.5, 0.6) is 0 Å². The lowest BCUT2D eigenvalue weighted by molar-refractivity contribution is 0.148. The number of hydrogen-bond acceptors (Lipinski definition) is 2. The molecule has 1 aromatic carbocycles. The molecule has 0 amide bonds. The van der Waals surface area contributed by atoms with Gasteiger partial charge in [-0.3, -0.25) is 0 Å². The molecule has 0 heterocycles. The fraction of sp³-hybridized carbons (Fsp3) is 0.300. The molecule has 0 aromatic heterocycles. The number of rotatable bonds is 2. The van der Waals surface area contributed by atoms with Crippen LogP contribution in [0.1, 0.15) is 17.2 Å². The van der Waals surface area contributed by atoms with E-state index in [1.54, 1.807) is 7.11 Å². The van der Waals surface area contributed by atoms with E-state index in [0.717, 1.165) is 11.1 Å². The van der Waals surface area contributed by atoms with Crippen molar-refractivity contribution in [1.82, 2.24) is 0 Å². The van der Waals surface area contributed by atoms with E-state index in [9.17, 15) is 0 Å². The molecule has 1 rings (SSSR count). The predicted octanol–water partition coefficient (Wildman–Crippen LogP) is 2.21. The van der Waals surface area contributed by atoms with Crippen molar-refractivity contribution < 1.29 is 4.74 Å². The van der Waals surface area contributed by atoms with Gasteiger partial charge in [0.15, 0.2) is 6.10 Å². The quantitative estimate of drug-likeness (QED) is 0.666. The molecule has 0 radical (unpaired) electrons. The van der Waals surface area contributed by atoms with Crippen LogP contribution in [0.25, 0.3) is 0 Å². The third-order valence-electron chi connectivity index (χ3n) is 1.82. The lowest BCUT2D eigenvalue weighted by Crippen LogP contribution is -1.99. The molecule has 0 fully saturated rings. The Hall–Kier alpha value is -1.33. The van der Waals surface area contributed by atoms with Gasteiger partial charge in [0.05, 0.1) is 6.07 Å². The number of ether oxygens (including phenoxy) is 1. The molecular formula is C10H11NO. The normalized spacial score (nSPS) is 12.1. The van der Waals surface area contributed by atoms with E-state index in [0.29, 0.717) is 0 Å². The van der Waals surface area contributed by atoms with E-state index >= 15 is 0 Å². The fourth-order valence-electron chi connectivity index (χ4n) is 1.13. The summed E-state index contributed by atoms with van der Waals surface area (Å²) < 4.78 is 5.01. The van der Waals surface area contributed by atoms with E-state index in [1.807, 2.05) is 31.2 Å². The summed E-state index contributed by atoms with van der Waals surface area (Å²) >= 11 is 0. The number of hydrogen-bond donors (Lipinski definition) is 0. The first-order valence-corrected chi connectivity index (χ1v) is 3.77. The van der Waals surface area contributed by atoms with Gasteiger partial charge in [-0.25, -0.2) is 0 Å². The maximum absolute atomic E-state index is 8.73. The topological polar surface area (TPSA) is 33.0 Å². The van der Waals surface area contributed by atoms with Gasteiger partial charge in [0, 0.05) is 7.11 Å². The molecule has 1 atom stereocenters. The van der Waals surface area contributed by atoms with Gasteiger partial charge < -0.3 is 4.74 Å². The van der Waals surface area contributed by atoms with Gasteiger partial charge in [0.2, 0.25) is 0 Å². The van der Waals surface area contributed by atoms with Crippen molar-refractivity contribution in [3.63, 3.8) is 0 Å². The summed E-state index contributed by atoms with van der Waals surface area (Å²) in [4.78, 5) is 0. The Balaban J connectivity index is 3.02. The molecule has 12 heavy (non-hydrogen) atoms. The highest BCUT2D eigenvalue weighted by atomic mass is 16.5. The third kappa shape index (κ3) is 1.63. The molecule has 2 heteroatoms. The summed E-state index contributed by atoms with van der Waals surface area (Å²) in [6.07, 6.45) is -0.439. The summed E-state index contributed by atoms with van der Waals surface area (Å²) in [6.45, 7) is 1.97. The second-order valence-corrected chi connectivity index (χ2v) is 2.60. The molecule has 0 saturated carbocycles. The van der Waals surface area contributed by atoms with Crippen LogP contribution < -0.4 is 0 Å². The van der Waals surface area contributed by atoms with Crippen molar-refractivity contribution in [2.24, 2.45) is 0 Å². The van der Waals surface area contributed by atoms with Crippen LogP contribution in [-0.2, 0) is 4.74 Å². The van der Waals surface area contributed by atoms with Gasteiger partial charge in [0.25, 0.3) is 0 Å². The van der Waals surface area contributed by atoms with Crippen LogP contribution in [0.2, 0.25) is 0 Å². The Morgan fingerprint density at radius 3 is 2.58 bits per heavy atom. The van der Waals surface area contributed by atoms with Crippen LogP contribution in [0.3, 0.4) is 0 Å². The van der Waals surface area contributed by atoms with Crippen molar-refractivity contribution in [3.8, 4) is 6.07 Å². The maximum Gasteiger partial charge on any atom is 0.168 e. The highest BCUT2D eigenvalue weighted by Gasteiger charge is 2.09. The van der Waals surface area contributed by atoms with Crippen molar-refractivity contribution in [2.75, 3.05) is 7.11 Å². The third-order valence-corrected chi connectivity index (χ3v) is 1.82. The molecule has 0 aliphatic carbocycles. The Bertz CT molecular complexity index is 301. The largest absolute Gasteiger partial charge is 0.362 e. The first-order chi connectivity index (χ1) is 5.79. The second kappa shape index (κ2) is 3.89. The van der Waals surface area contributed by atoms with Crippen LogP contribution in [0.4, 0.5) is 0 Å². The summed E-state index contributed by atoms with van der Waals surface area (Å²) in [5.41, 5.74) is 2.04. The average molecular weight is 161 g/mol. The molecule has 2 nitrogen and oxygen atoms in total. The standard InChI is InChI=1S/C10H11NO/c1-8-5-3-4-6-9(8)10(7-11)12-2/h3-6,10H,1-2H3/t10-/m0/s1. The molecular weight excluding hydrogens is 150 g/mol. The van der Waals surface area contributed by atoms with E-state index in [2.05, 4.69) is 6.07 Å². The fourth-order valence-corrected chi connectivity index (χ4v) is 1.13. The van der Waals surface area contributed by atoms with Crippen LogP contribution in [-0.4, -0.2) is 7.11 Å². The molecule has 62 valence electrons. The second-order valence-electron chi connectivity index (χ2n) is 2.60. The summed E-state index contributed by atoms with van der Waals surface area (Å²) in [6, 6.07) is 9.82. The van der Waals surface area contributed by atoms with Crippen LogP contribution >= 0.6 is 0 Å². The van der Waals surface area contributed by atoms with Crippen molar-refractivity contribution in [3.05, 3.63) is 35.4 Å².